The van der Waals surface area contributed by atoms with Gasteiger partial charge in [-0.25, -0.2) is 0 Å². The van der Waals surface area contributed by atoms with Crippen LogP contribution in [0.4, 0.5) is 11.4 Å². The standard InChI is InChI=1S/C22H23NO/c1-16-5-11-21(12-6-16)24-22-13-9-19(10-14-22)23(4)20-8-7-17(2)18(3)15-20/h5-15H,1-4H3. The summed E-state index contributed by atoms with van der Waals surface area (Å²) in [5, 5.41) is 0. The molecule has 0 amide bonds. The van der Waals surface area contributed by atoms with Gasteiger partial charge < -0.3 is 9.64 Å². The lowest BCUT2D eigenvalue weighted by Gasteiger charge is -2.21. The predicted molar refractivity (Wildman–Crippen MR) is 102 cm³/mol. The molecular weight excluding hydrogens is 294 g/mol. The van der Waals surface area contributed by atoms with E-state index in [2.05, 4.69) is 75.2 Å². The number of anilines is 2. The molecule has 3 aromatic carbocycles. The molecule has 3 aromatic rings. The molecule has 2 nitrogen and oxygen atoms in total. The topological polar surface area (TPSA) is 12.5 Å². The van der Waals surface area contributed by atoms with Crippen molar-refractivity contribution < 1.29 is 4.74 Å². The van der Waals surface area contributed by atoms with Crippen molar-refractivity contribution in [3.63, 3.8) is 0 Å². The van der Waals surface area contributed by atoms with Crippen LogP contribution in [0, 0.1) is 20.8 Å². The summed E-state index contributed by atoms with van der Waals surface area (Å²) in [6.07, 6.45) is 0. The van der Waals surface area contributed by atoms with Crippen LogP contribution in [-0.4, -0.2) is 7.05 Å². The Balaban J connectivity index is 1.75. The second-order valence-corrected chi connectivity index (χ2v) is 6.24. The molecule has 24 heavy (non-hydrogen) atoms. The van der Waals surface area contributed by atoms with Crippen LogP contribution in [0.5, 0.6) is 11.5 Å². The van der Waals surface area contributed by atoms with E-state index in [1.807, 2.05) is 24.3 Å². The number of hydrogen-bond acceptors (Lipinski definition) is 2. The Hall–Kier alpha value is -2.74. The quantitative estimate of drug-likeness (QED) is 0.570. The van der Waals surface area contributed by atoms with Gasteiger partial charge in [0.05, 0.1) is 0 Å². The molecule has 3 rings (SSSR count). The molecule has 0 unspecified atom stereocenters. The summed E-state index contributed by atoms with van der Waals surface area (Å²) in [4.78, 5) is 2.18. The zero-order valence-electron chi connectivity index (χ0n) is 14.7. The summed E-state index contributed by atoms with van der Waals surface area (Å²) in [7, 11) is 2.08. The first kappa shape index (κ1) is 16.1. The first-order chi connectivity index (χ1) is 11.5. The van der Waals surface area contributed by atoms with Crippen LogP contribution in [0.3, 0.4) is 0 Å². The maximum atomic E-state index is 5.89. The highest BCUT2D eigenvalue weighted by atomic mass is 16.5. The third-order valence-electron chi connectivity index (χ3n) is 4.36. The Morgan fingerprint density at radius 1 is 0.625 bits per heavy atom. The van der Waals surface area contributed by atoms with Crippen molar-refractivity contribution in [3.05, 3.63) is 83.4 Å². The summed E-state index contributed by atoms with van der Waals surface area (Å²) >= 11 is 0. The average molecular weight is 317 g/mol. The van der Waals surface area contributed by atoms with Gasteiger partial charge in [0.1, 0.15) is 11.5 Å². The monoisotopic (exact) mass is 317 g/mol. The highest BCUT2D eigenvalue weighted by Crippen LogP contribution is 2.28. The maximum absolute atomic E-state index is 5.89. The summed E-state index contributed by atoms with van der Waals surface area (Å²) in [5.74, 6) is 1.70. The molecule has 0 heterocycles. The predicted octanol–water partition coefficient (Wildman–Crippen LogP) is 6.17. The van der Waals surface area contributed by atoms with Gasteiger partial charge in [0, 0.05) is 18.4 Å². The zero-order valence-corrected chi connectivity index (χ0v) is 14.7. The largest absolute Gasteiger partial charge is 0.457 e. The van der Waals surface area contributed by atoms with E-state index in [1.54, 1.807) is 0 Å². The van der Waals surface area contributed by atoms with Gasteiger partial charge in [-0.1, -0.05) is 23.8 Å². The van der Waals surface area contributed by atoms with Crippen molar-refractivity contribution in [1.29, 1.82) is 0 Å². The second-order valence-electron chi connectivity index (χ2n) is 6.24. The van der Waals surface area contributed by atoms with Gasteiger partial charge in [0.15, 0.2) is 0 Å². The number of benzene rings is 3. The fourth-order valence-electron chi connectivity index (χ4n) is 2.56. The van der Waals surface area contributed by atoms with Gasteiger partial charge in [-0.3, -0.25) is 0 Å². The van der Waals surface area contributed by atoms with Crippen LogP contribution in [0.1, 0.15) is 16.7 Å². The van der Waals surface area contributed by atoms with Gasteiger partial charge in [0.2, 0.25) is 0 Å². The first-order valence-corrected chi connectivity index (χ1v) is 8.18. The highest BCUT2D eigenvalue weighted by Gasteiger charge is 2.06. The van der Waals surface area contributed by atoms with E-state index in [4.69, 9.17) is 4.74 Å². The average Bonchev–Trinajstić information content (AvgIpc) is 2.59. The molecule has 0 aliphatic carbocycles. The number of rotatable bonds is 4. The molecule has 2 heteroatoms. The van der Waals surface area contributed by atoms with E-state index in [0.717, 1.165) is 17.2 Å². The van der Waals surface area contributed by atoms with Crippen LogP contribution < -0.4 is 9.64 Å². The molecule has 0 fully saturated rings. The van der Waals surface area contributed by atoms with Gasteiger partial charge in [-0.2, -0.15) is 0 Å². The lowest BCUT2D eigenvalue weighted by molar-refractivity contribution is 0.482. The van der Waals surface area contributed by atoms with Gasteiger partial charge in [-0.15, -0.1) is 0 Å². The summed E-state index contributed by atoms with van der Waals surface area (Å²) in [6.45, 7) is 6.35. The number of aryl methyl sites for hydroxylation is 3. The molecule has 0 N–H and O–H groups in total. The SMILES string of the molecule is Cc1ccc(Oc2ccc(N(C)c3ccc(C)c(C)c3)cc2)cc1. The third-order valence-corrected chi connectivity index (χ3v) is 4.36. The van der Waals surface area contributed by atoms with Crippen molar-refractivity contribution in [2.24, 2.45) is 0 Å². The Labute approximate surface area is 144 Å². The van der Waals surface area contributed by atoms with E-state index in [1.165, 1.54) is 22.4 Å². The Bertz CT molecular complexity index is 820. The first-order valence-electron chi connectivity index (χ1n) is 8.18. The van der Waals surface area contributed by atoms with E-state index < -0.39 is 0 Å². The lowest BCUT2D eigenvalue weighted by Crippen LogP contribution is -2.09. The van der Waals surface area contributed by atoms with E-state index in [-0.39, 0.29) is 0 Å². The van der Waals surface area contributed by atoms with Crippen LogP contribution in [0.25, 0.3) is 0 Å². The normalized spacial score (nSPS) is 10.5. The Morgan fingerprint density at radius 3 is 1.75 bits per heavy atom. The summed E-state index contributed by atoms with van der Waals surface area (Å²) in [6, 6.07) is 22.8. The molecule has 0 aliphatic heterocycles. The van der Waals surface area contributed by atoms with Crippen LogP contribution in [-0.2, 0) is 0 Å². The summed E-state index contributed by atoms with van der Waals surface area (Å²) < 4.78 is 5.89. The Kier molecular flexibility index (Phi) is 4.57. The van der Waals surface area contributed by atoms with Crippen molar-refractivity contribution in [3.8, 4) is 11.5 Å². The van der Waals surface area contributed by atoms with E-state index >= 15 is 0 Å². The van der Waals surface area contributed by atoms with Crippen molar-refractivity contribution >= 4 is 11.4 Å². The molecule has 0 radical (unpaired) electrons. The Morgan fingerprint density at radius 2 is 1.17 bits per heavy atom. The minimum absolute atomic E-state index is 0.844. The second kappa shape index (κ2) is 6.79. The molecule has 0 bridgehead atoms. The lowest BCUT2D eigenvalue weighted by atomic mass is 10.1. The molecular formula is C22H23NO. The number of ether oxygens (including phenoxy) is 1. The summed E-state index contributed by atoms with van der Waals surface area (Å²) in [5.41, 5.74) is 6.17. The van der Waals surface area contributed by atoms with Crippen LogP contribution >= 0.6 is 0 Å². The fourth-order valence-corrected chi connectivity index (χ4v) is 2.56. The molecule has 122 valence electrons. The van der Waals surface area contributed by atoms with Gasteiger partial charge in [-0.05, 0) is 80.4 Å². The molecule has 0 spiro atoms. The molecule has 0 saturated carbocycles. The third kappa shape index (κ3) is 3.60. The highest BCUT2D eigenvalue weighted by molar-refractivity contribution is 5.64. The van der Waals surface area contributed by atoms with E-state index in [0.29, 0.717) is 0 Å². The minimum Gasteiger partial charge on any atom is -0.457 e. The van der Waals surface area contributed by atoms with E-state index in [9.17, 15) is 0 Å². The maximum Gasteiger partial charge on any atom is 0.127 e. The molecule has 0 atom stereocenters. The smallest absolute Gasteiger partial charge is 0.127 e. The van der Waals surface area contributed by atoms with Gasteiger partial charge in [0.25, 0.3) is 0 Å². The molecule has 0 aromatic heterocycles. The molecule has 0 saturated heterocycles. The number of nitrogens with zero attached hydrogens (tertiary/aromatic N) is 1. The van der Waals surface area contributed by atoms with Crippen molar-refractivity contribution in [1.82, 2.24) is 0 Å². The fraction of sp³-hybridized carbons (Fsp3) is 0.182. The van der Waals surface area contributed by atoms with Crippen molar-refractivity contribution in [2.45, 2.75) is 20.8 Å². The minimum atomic E-state index is 0.844. The van der Waals surface area contributed by atoms with Crippen molar-refractivity contribution in [2.75, 3.05) is 11.9 Å². The van der Waals surface area contributed by atoms with Crippen LogP contribution in [0.15, 0.2) is 66.7 Å². The number of hydrogen-bond donors (Lipinski definition) is 0. The molecule has 0 aliphatic rings. The van der Waals surface area contributed by atoms with Crippen LogP contribution in [0.2, 0.25) is 0 Å². The van der Waals surface area contributed by atoms with Gasteiger partial charge >= 0.3 is 0 Å². The zero-order chi connectivity index (χ0) is 17.1.